The van der Waals surface area contributed by atoms with E-state index in [4.69, 9.17) is 5.11 Å². The molecule has 92 valence electrons. The molecule has 16 heavy (non-hydrogen) atoms. The van der Waals surface area contributed by atoms with Crippen LogP contribution in [0.4, 0.5) is 0 Å². The summed E-state index contributed by atoms with van der Waals surface area (Å²) in [5.74, 6) is 0.587. The summed E-state index contributed by atoms with van der Waals surface area (Å²) in [5.41, 5.74) is 2.63. The van der Waals surface area contributed by atoms with E-state index in [1.54, 1.807) is 6.92 Å². The average molecular weight is 244 g/mol. The molecule has 0 aliphatic heterocycles. The summed E-state index contributed by atoms with van der Waals surface area (Å²) in [6, 6.07) is 8.63. The van der Waals surface area contributed by atoms with Crippen LogP contribution in [0.15, 0.2) is 24.3 Å². The van der Waals surface area contributed by atoms with Gasteiger partial charge in [-0.15, -0.1) is 12.4 Å². The monoisotopic (exact) mass is 243 g/mol. The van der Waals surface area contributed by atoms with Crippen LogP contribution in [0.25, 0.3) is 0 Å². The Morgan fingerprint density at radius 2 is 1.69 bits per heavy atom. The molecule has 1 atom stereocenters. The van der Waals surface area contributed by atoms with Crippen molar-refractivity contribution in [2.75, 3.05) is 6.54 Å². The summed E-state index contributed by atoms with van der Waals surface area (Å²) < 4.78 is 0. The molecule has 1 aromatic rings. The Morgan fingerprint density at radius 1 is 1.12 bits per heavy atom. The molecule has 0 aromatic heterocycles. The maximum atomic E-state index is 9.08. The van der Waals surface area contributed by atoms with Crippen molar-refractivity contribution in [3.63, 3.8) is 0 Å². The lowest BCUT2D eigenvalue weighted by molar-refractivity contribution is 0.191. The summed E-state index contributed by atoms with van der Waals surface area (Å²) in [5, 5.41) is 12.3. The molecule has 2 N–H and O–H groups in total. The number of nitrogens with one attached hydrogen (secondary N) is 1. The number of hydrogen-bond donors (Lipinski definition) is 2. The zero-order valence-corrected chi connectivity index (χ0v) is 11.1. The molecule has 0 heterocycles. The predicted molar refractivity (Wildman–Crippen MR) is 71.2 cm³/mol. The van der Waals surface area contributed by atoms with Crippen molar-refractivity contribution >= 4 is 12.4 Å². The standard InChI is InChI=1S/C13H21NO.ClH/c1-10(2)13-6-4-12(5-7-13)9-14-8-11(3)15;/h4-7,10-11,14-15H,8-9H2,1-3H3;1H. The van der Waals surface area contributed by atoms with Gasteiger partial charge in [0.2, 0.25) is 0 Å². The van der Waals surface area contributed by atoms with Gasteiger partial charge >= 0.3 is 0 Å². The first-order valence-electron chi connectivity index (χ1n) is 5.57. The molecule has 0 saturated heterocycles. The minimum atomic E-state index is -0.278. The van der Waals surface area contributed by atoms with E-state index in [9.17, 15) is 0 Å². The zero-order chi connectivity index (χ0) is 11.3. The SMILES string of the molecule is CC(O)CNCc1ccc(C(C)C)cc1.Cl. The fourth-order valence-corrected chi connectivity index (χ4v) is 1.45. The molecular weight excluding hydrogens is 222 g/mol. The van der Waals surface area contributed by atoms with Gasteiger partial charge in [-0.25, -0.2) is 0 Å². The van der Waals surface area contributed by atoms with Crippen molar-refractivity contribution < 1.29 is 5.11 Å². The molecule has 0 aliphatic rings. The Kier molecular flexibility index (Phi) is 7.39. The van der Waals surface area contributed by atoms with Gasteiger partial charge in [-0.05, 0) is 24.0 Å². The number of benzene rings is 1. The summed E-state index contributed by atoms with van der Waals surface area (Å²) in [6.45, 7) is 7.64. The van der Waals surface area contributed by atoms with E-state index in [0.29, 0.717) is 12.5 Å². The van der Waals surface area contributed by atoms with Crippen LogP contribution in [0.2, 0.25) is 0 Å². The van der Waals surface area contributed by atoms with Gasteiger partial charge in [-0.2, -0.15) is 0 Å². The highest BCUT2D eigenvalue weighted by Gasteiger charge is 1.99. The lowest BCUT2D eigenvalue weighted by Gasteiger charge is -2.09. The Morgan fingerprint density at radius 3 is 2.12 bits per heavy atom. The fraction of sp³-hybridized carbons (Fsp3) is 0.538. The smallest absolute Gasteiger partial charge is 0.0636 e. The molecule has 0 fully saturated rings. The molecule has 1 unspecified atom stereocenters. The van der Waals surface area contributed by atoms with Gasteiger partial charge in [0.05, 0.1) is 6.10 Å². The molecule has 1 rings (SSSR count). The highest BCUT2D eigenvalue weighted by molar-refractivity contribution is 5.85. The van der Waals surface area contributed by atoms with E-state index in [2.05, 4.69) is 43.4 Å². The van der Waals surface area contributed by atoms with Crippen LogP contribution in [-0.2, 0) is 6.54 Å². The lowest BCUT2D eigenvalue weighted by atomic mass is 10.0. The van der Waals surface area contributed by atoms with Crippen LogP contribution in [0, 0.1) is 0 Å². The predicted octanol–water partition coefficient (Wildman–Crippen LogP) is 2.70. The van der Waals surface area contributed by atoms with Crippen LogP contribution >= 0.6 is 12.4 Å². The number of aliphatic hydroxyl groups is 1. The van der Waals surface area contributed by atoms with Gasteiger partial charge in [0.15, 0.2) is 0 Å². The van der Waals surface area contributed by atoms with E-state index in [-0.39, 0.29) is 18.5 Å². The van der Waals surface area contributed by atoms with Crippen molar-refractivity contribution in [3.8, 4) is 0 Å². The number of rotatable bonds is 5. The minimum Gasteiger partial charge on any atom is -0.392 e. The molecule has 0 saturated carbocycles. The van der Waals surface area contributed by atoms with Gasteiger partial charge in [0, 0.05) is 13.1 Å². The first kappa shape index (κ1) is 15.4. The van der Waals surface area contributed by atoms with E-state index in [1.165, 1.54) is 11.1 Å². The van der Waals surface area contributed by atoms with Crippen molar-refractivity contribution in [2.24, 2.45) is 0 Å². The van der Waals surface area contributed by atoms with E-state index in [1.807, 2.05) is 0 Å². The lowest BCUT2D eigenvalue weighted by Crippen LogP contribution is -2.23. The average Bonchev–Trinajstić information content (AvgIpc) is 2.18. The summed E-state index contributed by atoms with van der Waals surface area (Å²) >= 11 is 0. The van der Waals surface area contributed by atoms with Crippen LogP contribution in [-0.4, -0.2) is 17.8 Å². The Balaban J connectivity index is 0.00000225. The number of hydrogen-bond acceptors (Lipinski definition) is 2. The summed E-state index contributed by atoms with van der Waals surface area (Å²) in [4.78, 5) is 0. The Bertz CT molecular complexity index is 282. The van der Waals surface area contributed by atoms with Gasteiger partial charge < -0.3 is 10.4 Å². The number of aliphatic hydroxyl groups excluding tert-OH is 1. The molecule has 0 bridgehead atoms. The zero-order valence-electron chi connectivity index (χ0n) is 10.2. The molecule has 0 amide bonds. The second-order valence-corrected chi connectivity index (χ2v) is 4.38. The molecule has 1 aromatic carbocycles. The van der Waals surface area contributed by atoms with Crippen LogP contribution in [0.1, 0.15) is 37.8 Å². The van der Waals surface area contributed by atoms with Crippen molar-refractivity contribution in [1.29, 1.82) is 0 Å². The van der Waals surface area contributed by atoms with Gasteiger partial charge in [0.25, 0.3) is 0 Å². The largest absolute Gasteiger partial charge is 0.392 e. The second-order valence-electron chi connectivity index (χ2n) is 4.38. The highest BCUT2D eigenvalue weighted by Crippen LogP contribution is 2.14. The maximum Gasteiger partial charge on any atom is 0.0636 e. The third-order valence-corrected chi connectivity index (χ3v) is 2.42. The third kappa shape index (κ3) is 5.50. The van der Waals surface area contributed by atoms with Crippen LogP contribution in [0.5, 0.6) is 0 Å². The molecule has 0 aliphatic carbocycles. The summed E-state index contributed by atoms with van der Waals surface area (Å²) in [6.07, 6.45) is -0.278. The van der Waals surface area contributed by atoms with E-state index >= 15 is 0 Å². The van der Waals surface area contributed by atoms with E-state index in [0.717, 1.165) is 6.54 Å². The Hall–Kier alpha value is -0.570. The van der Waals surface area contributed by atoms with Crippen molar-refractivity contribution in [2.45, 2.75) is 39.3 Å². The quantitative estimate of drug-likeness (QED) is 0.834. The topological polar surface area (TPSA) is 32.3 Å². The Labute approximate surface area is 104 Å². The third-order valence-electron chi connectivity index (χ3n) is 2.42. The normalized spacial score (nSPS) is 12.3. The van der Waals surface area contributed by atoms with Crippen LogP contribution < -0.4 is 5.32 Å². The molecule has 0 spiro atoms. The first-order chi connectivity index (χ1) is 7.09. The minimum absolute atomic E-state index is 0. The fourth-order valence-electron chi connectivity index (χ4n) is 1.45. The first-order valence-corrected chi connectivity index (χ1v) is 5.57. The van der Waals surface area contributed by atoms with Gasteiger partial charge in [0.1, 0.15) is 0 Å². The van der Waals surface area contributed by atoms with Gasteiger partial charge in [-0.1, -0.05) is 38.1 Å². The molecular formula is C13H22ClNO. The highest BCUT2D eigenvalue weighted by atomic mass is 35.5. The van der Waals surface area contributed by atoms with Crippen molar-refractivity contribution in [1.82, 2.24) is 5.32 Å². The van der Waals surface area contributed by atoms with Crippen molar-refractivity contribution in [3.05, 3.63) is 35.4 Å². The molecule has 3 heteroatoms. The second kappa shape index (κ2) is 7.66. The van der Waals surface area contributed by atoms with Gasteiger partial charge in [-0.3, -0.25) is 0 Å². The molecule has 2 nitrogen and oxygen atoms in total. The van der Waals surface area contributed by atoms with E-state index < -0.39 is 0 Å². The molecule has 0 radical (unpaired) electrons. The van der Waals surface area contributed by atoms with Crippen LogP contribution in [0.3, 0.4) is 0 Å². The maximum absolute atomic E-state index is 9.08. The number of halogens is 1. The summed E-state index contributed by atoms with van der Waals surface area (Å²) in [7, 11) is 0.